The summed E-state index contributed by atoms with van der Waals surface area (Å²) in [5.41, 5.74) is 4.00. The summed E-state index contributed by atoms with van der Waals surface area (Å²) in [6.45, 7) is 0. The Kier molecular flexibility index (Phi) is 4.43. The van der Waals surface area contributed by atoms with Gasteiger partial charge in [-0.2, -0.15) is 13.2 Å². The predicted octanol–water partition coefficient (Wildman–Crippen LogP) is 4.00. The third kappa shape index (κ3) is 3.89. The zero-order valence-corrected chi connectivity index (χ0v) is 11.9. The van der Waals surface area contributed by atoms with E-state index in [-0.39, 0.29) is 10.6 Å². The number of benzene rings is 1. The average molecular weight is 333 g/mol. The van der Waals surface area contributed by atoms with Crippen molar-refractivity contribution in [1.29, 1.82) is 0 Å². The van der Waals surface area contributed by atoms with Crippen molar-refractivity contribution in [3.8, 4) is 0 Å². The molecule has 0 aliphatic rings. The highest BCUT2D eigenvalue weighted by molar-refractivity contribution is 7.99. The monoisotopic (exact) mass is 332 g/mol. The minimum absolute atomic E-state index is 0.0759. The molecule has 1 aromatic carbocycles. The number of rotatable bonds is 3. The van der Waals surface area contributed by atoms with E-state index in [1.54, 1.807) is 24.3 Å². The zero-order valence-electron chi connectivity index (χ0n) is 10.3. The molecule has 3 nitrogen and oxygen atoms in total. The van der Waals surface area contributed by atoms with Gasteiger partial charge in [-0.05, 0) is 30.3 Å². The van der Waals surface area contributed by atoms with Crippen LogP contribution in [0.5, 0.6) is 0 Å². The van der Waals surface area contributed by atoms with Gasteiger partial charge in [-0.3, -0.25) is 4.79 Å². The smallest absolute Gasteiger partial charge is 0.366 e. The third-order valence-electron chi connectivity index (χ3n) is 2.43. The highest BCUT2D eigenvalue weighted by atomic mass is 35.5. The fraction of sp³-hybridized carbons (Fsp3) is 0.0769. The van der Waals surface area contributed by atoms with Crippen molar-refractivity contribution in [2.24, 2.45) is 5.73 Å². The number of nitrogens with zero attached hydrogens (tertiary/aromatic N) is 1. The number of amides is 1. The van der Waals surface area contributed by atoms with Crippen LogP contribution in [-0.2, 0) is 6.18 Å². The number of pyridine rings is 1. The molecule has 1 aromatic heterocycles. The molecule has 0 unspecified atom stereocenters. The summed E-state index contributed by atoms with van der Waals surface area (Å²) in [7, 11) is 0. The van der Waals surface area contributed by atoms with Crippen molar-refractivity contribution in [2.75, 3.05) is 0 Å². The van der Waals surface area contributed by atoms with Gasteiger partial charge in [0.15, 0.2) is 0 Å². The van der Waals surface area contributed by atoms with Crippen LogP contribution in [0.2, 0.25) is 5.02 Å². The first-order valence-electron chi connectivity index (χ1n) is 5.59. The number of primary amides is 1. The lowest BCUT2D eigenvalue weighted by molar-refractivity contribution is -0.141. The highest BCUT2D eigenvalue weighted by Crippen LogP contribution is 2.34. The Balaban J connectivity index is 2.46. The van der Waals surface area contributed by atoms with Crippen LogP contribution < -0.4 is 5.73 Å². The SMILES string of the molecule is NC(=O)c1ccc(C(F)(F)F)nc1Sc1cccc(Cl)c1. The number of hydrogen-bond acceptors (Lipinski definition) is 3. The lowest BCUT2D eigenvalue weighted by Crippen LogP contribution is -2.16. The molecule has 2 aromatic rings. The van der Waals surface area contributed by atoms with E-state index in [4.69, 9.17) is 17.3 Å². The molecule has 0 bridgehead atoms. The number of alkyl halides is 3. The first kappa shape index (κ1) is 15.7. The van der Waals surface area contributed by atoms with Gasteiger partial charge in [0.05, 0.1) is 5.56 Å². The normalized spacial score (nSPS) is 11.4. The summed E-state index contributed by atoms with van der Waals surface area (Å²) >= 11 is 6.70. The molecule has 0 saturated heterocycles. The standard InChI is InChI=1S/C13H8ClF3N2OS/c14-7-2-1-3-8(6-7)21-12-9(11(18)20)4-5-10(19-12)13(15,16)17/h1-6H,(H2,18,20). The van der Waals surface area contributed by atoms with Gasteiger partial charge in [-0.25, -0.2) is 4.98 Å². The molecule has 110 valence electrons. The van der Waals surface area contributed by atoms with E-state index in [2.05, 4.69) is 4.98 Å². The molecular weight excluding hydrogens is 325 g/mol. The van der Waals surface area contributed by atoms with E-state index in [0.717, 1.165) is 23.9 Å². The lowest BCUT2D eigenvalue weighted by atomic mass is 10.2. The molecule has 1 heterocycles. The number of carbonyl (C=O) groups is 1. The fourth-order valence-corrected chi connectivity index (χ4v) is 2.74. The summed E-state index contributed by atoms with van der Waals surface area (Å²) < 4.78 is 38.1. The molecule has 0 aliphatic carbocycles. The maximum Gasteiger partial charge on any atom is 0.433 e. The second kappa shape index (κ2) is 5.95. The van der Waals surface area contributed by atoms with E-state index < -0.39 is 17.8 Å². The Morgan fingerprint density at radius 1 is 1.24 bits per heavy atom. The van der Waals surface area contributed by atoms with Gasteiger partial charge in [-0.15, -0.1) is 0 Å². The first-order chi connectivity index (χ1) is 9.77. The molecule has 2 N–H and O–H groups in total. The van der Waals surface area contributed by atoms with Crippen molar-refractivity contribution < 1.29 is 18.0 Å². The molecule has 1 amide bonds. The molecule has 0 fully saturated rings. The van der Waals surface area contributed by atoms with E-state index >= 15 is 0 Å². The van der Waals surface area contributed by atoms with Crippen molar-refractivity contribution >= 4 is 29.3 Å². The predicted molar refractivity (Wildman–Crippen MR) is 73.3 cm³/mol. The second-order valence-corrected chi connectivity index (χ2v) is 5.47. The van der Waals surface area contributed by atoms with E-state index in [9.17, 15) is 18.0 Å². The maximum atomic E-state index is 12.7. The number of carbonyl (C=O) groups excluding carboxylic acids is 1. The van der Waals surface area contributed by atoms with E-state index in [1.807, 2.05) is 0 Å². The molecule has 0 radical (unpaired) electrons. The van der Waals surface area contributed by atoms with Gasteiger partial charge >= 0.3 is 6.18 Å². The van der Waals surface area contributed by atoms with Gasteiger partial charge in [0.25, 0.3) is 5.91 Å². The summed E-state index contributed by atoms with van der Waals surface area (Å²) in [6.07, 6.45) is -4.60. The quantitative estimate of drug-likeness (QED) is 0.924. The first-order valence-corrected chi connectivity index (χ1v) is 6.78. The minimum Gasteiger partial charge on any atom is -0.366 e. The van der Waals surface area contributed by atoms with Gasteiger partial charge in [0, 0.05) is 9.92 Å². The molecule has 2 rings (SSSR count). The van der Waals surface area contributed by atoms with Gasteiger partial charge in [0.1, 0.15) is 10.7 Å². The average Bonchev–Trinajstić information content (AvgIpc) is 2.37. The summed E-state index contributed by atoms with van der Waals surface area (Å²) in [6, 6.07) is 8.21. The van der Waals surface area contributed by atoms with Crippen molar-refractivity contribution in [3.05, 3.63) is 52.7 Å². The Morgan fingerprint density at radius 2 is 1.95 bits per heavy atom. The van der Waals surface area contributed by atoms with Crippen LogP contribution in [0.15, 0.2) is 46.3 Å². The summed E-state index contributed by atoms with van der Waals surface area (Å²) in [5, 5.41) is 0.312. The fourth-order valence-electron chi connectivity index (χ4n) is 1.51. The Hall–Kier alpha value is -1.73. The van der Waals surface area contributed by atoms with Crippen LogP contribution in [0.4, 0.5) is 13.2 Å². The Bertz CT molecular complexity index is 691. The molecule has 21 heavy (non-hydrogen) atoms. The van der Waals surface area contributed by atoms with E-state index in [0.29, 0.717) is 9.92 Å². The topological polar surface area (TPSA) is 56.0 Å². The molecule has 8 heteroatoms. The Labute approximate surface area is 127 Å². The second-order valence-electron chi connectivity index (χ2n) is 3.97. The summed E-state index contributed by atoms with van der Waals surface area (Å²) in [4.78, 5) is 15.3. The maximum absolute atomic E-state index is 12.7. The van der Waals surface area contributed by atoms with Gasteiger partial charge < -0.3 is 5.73 Å². The zero-order chi connectivity index (χ0) is 15.6. The number of aromatic nitrogens is 1. The molecular formula is C13H8ClF3N2OS. The van der Waals surface area contributed by atoms with E-state index in [1.165, 1.54) is 0 Å². The lowest BCUT2D eigenvalue weighted by Gasteiger charge is -2.10. The molecule has 0 atom stereocenters. The van der Waals surface area contributed by atoms with Crippen LogP contribution in [-0.4, -0.2) is 10.9 Å². The number of hydrogen-bond donors (Lipinski definition) is 1. The third-order valence-corrected chi connectivity index (χ3v) is 3.66. The Morgan fingerprint density at radius 3 is 2.52 bits per heavy atom. The van der Waals surface area contributed by atoms with Gasteiger partial charge in [-0.1, -0.05) is 29.4 Å². The van der Waals surface area contributed by atoms with Crippen LogP contribution in [0.25, 0.3) is 0 Å². The molecule has 0 aliphatic heterocycles. The summed E-state index contributed by atoms with van der Waals surface area (Å²) in [5.74, 6) is -0.847. The number of halogens is 4. The van der Waals surface area contributed by atoms with Crippen LogP contribution in [0.3, 0.4) is 0 Å². The van der Waals surface area contributed by atoms with Crippen LogP contribution in [0, 0.1) is 0 Å². The van der Waals surface area contributed by atoms with Gasteiger partial charge in [0.2, 0.25) is 0 Å². The highest BCUT2D eigenvalue weighted by Gasteiger charge is 2.33. The largest absolute Gasteiger partial charge is 0.433 e. The molecule has 0 spiro atoms. The van der Waals surface area contributed by atoms with Crippen molar-refractivity contribution in [2.45, 2.75) is 16.1 Å². The minimum atomic E-state index is -4.60. The molecule has 0 saturated carbocycles. The van der Waals surface area contributed by atoms with Crippen LogP contribution >= 0.6 is 23.4 Å². The number of nitrogens with two attached hydrogens (primary N) is 1. The van der Waals surface area contributed by atoms with Crippen LogP contribution in [0.1, 0.15) is 16.1 Å². The van der Waals surface area contributed by atoms with Crippen molar-refractivity contribution in [3.63, 3.8) is 0 Å². The van der Waals surface area contributed by atoms with Crippen molar-refractivity contribution in [1.82, 2.24) is 4.98 Å².